The predicted octanol–water partition coefficient (Wildman–Crippen LogP) is 1.34. The van der Waals surface area contributed by atoms with E-state index in [1.807, 2.05) is 13.8 Å². The van der Waals surface area contributed by atoms with Crippen molar-refractivity contribution in [3.63, 3.8) is 0 Å². The molecule has 0 saturated carbocycles. The van der Waals surface area contributed by atoms with Gasteiger partial charge in [-0.15, -0.1) is 0 Å². The van der Waals surface area contributed by atoms with Crippen molar-refractivity contribution in [2.75, 3.05) is 7.05 Å². The first-order valence-electron chi connectivity index (χ1n) is 6.18. The molecule has 2 aromatic rings. The summed E-state index contributed by atoms with van der Waals surface area (Å²) >= 11 is 0. The number of H-pyrrole nitrogens is 1. The second-order valence-electron chi connectivity index (χ2n) is 4.40. The summed E-state index contributed by atoms with van der Waals surface area (Å²) in [6.07, 6.45) is 4.09. The highest BCUT2D eigenvalue weighted by atomic mass is 16.2. The summed E-state index contributed by atoms with van der Waals surface area (Å²) < 4.78 is 0. The van der Waals surface area contributed by atoms with Crippen molar-refractivity contribution in [1.82, 2.24) is 25.1 Å². The van der Waals surface area contributed by atoms with Crippen LogP contribution in [0.4, 0.5) is 0 Å². The van der Waals surface area contributed by atoms with Gasteiger partial charge in [-0.2, -0.15) is 10.2 Å². The van der Waals surface area contributed by atoms with E-state index >= 15 is 0 Å². The Hall–Kier alpha value is -2.24. The fourth-order valence-electron chi connectivity index (χ4n) is 1.85. The number of hydrogen-bond donors (Lipinski definition) is 1. The number of hydrogen-bond acceptors (Lipinski definition) is 4. The summed E-state index contributed by atoms with van der Waals surface area (Å²) in [6, 6.07) is 1.78. The Balaban J connectivity index is 2.21. The number of rotatable bonds is 4. The number of aromatic nitrogens is 4. The number of carbonyl (C=O) groups is 1. The molecule has 1 amide bonds. The minimum Gasteiger partial charge on any atom is -0.347 e. The third-order valence-corrected chi connectivity index (χ3v) is 2.85. The fraction of sp³-hybridized carbons (Fsp3) is 0.385. The smallest absolute Gasteiger partial charge is 0.255 e. The molecule has 19 heavy (non-hydrogen) atoms. The van der Waals surface area contributed by atoms with Crippen LogP contribution in [-0.2, 0) is 13.0 Å². The molecular weight excluding hydrogens is 242 g/mol. The molecule has 0 aliphatic heterocycles. The molecule has 0 aliphatic rings. The van der Waals surface area contributed by atoms with Crippen molar-refractivity contribution in [3.05, 3.63) is 41.2 Å². The number of carbonyl (C=O) groups excluding carboxylic acids is 1. The van der Waals surface area contributed by atoms with E-state index in [9.17, 15) is 4.79 Å². The SMILES string of the molecule is CCc1nnc(C)cc1C(=O)N(C)Cc1ncc[nH]1. The van der Waals surface area contributed by atoms with Crippen molar-refractivity contribution in [1.29, 1.82) is 0 Å². The molecule has 2 rings (SSSR count). The molecule has 6 heteroatoms. The van der Waals surface area contributed by atoms with Gasteiger partial charge in [-0.3, -0.25) is 4.79 Å². The van der Waals surface area contributed by atoms with Crippen LogP contribution < -0.4 is 0 Å². The Morgan fingerprint density at radius 2 is 2.21 bits per heavy atom. The van der Waals surface area contributed by atoms with Gasteiger partial charge < -0.3 is 9.88 Å². The average Bonchev–Trinajstić information content (AvgIpc) is 2.90. The van der Waals surface area contributed by atoms with Crippen molar-refractivity contribution in [2.24, 2.45) is 0 Å². The summed E-state index contributed by atoms with van der Waals surface area (Å²) in [4.78, 5) is 21.1. The van der Waals surface area contributed by atoms with E-state index < -0.39 is 0 Å². The highest BCUT2D eigenvalue weighted by Crippen LogP contribution is 2.11. The maximum Gasteiger partial charge on any atom is 0.255 e. The Bertz CT molecular complexity index is 564. The van der Waals surface area contributed by atoms with E-state index in [1.165, 1.54) is 0 Å². The van der Waals surface area contributed by atoms with Crippen LogP contribution in [-0.4, -0.2) is 38.0 Å². The molecule has 0 bridgehead atoms. The number of imidazole rings is 1. The maximum atomic E-state index is 12.4. The molecule has 2 aromatic heterocycles. The summed E-state index contributed by atoms with van der Waals surface area (Å²) in [6.45, 7) is 4.23. The second kappa shape index (κ2) is 5.60. The maximum absolute atomic E-state index is 12.4. The van der Waals surface area contributed by atoms with Crippen LogP contribution in [0.2, 0.25) is 0 Å². The summed E-state index contributed by atoms with van der Waals surface area (Å²) in [5.74, 6) is 0.693. The Kier molecular flexibility index (Phi) is 3.89. The molecule has 0 radical (unpaired) electrons. The molecule has 0 aromatic carbocycles. The molecule has 1 N–H and O–H groups in total. The van der Waals surface area contributed by atoms with E-state index in [2.05, 4.69) is 20.2 Å². The Labute approximate surface area is 111 Å². The van der Waals surface area contributed by atoms with Crippen LogP contribution in [0.3, 0.4) is 0 Å². The van der Waals surface area contributed by atoms with Crippen LogP contribution in [0.15, 0.2) is 18.5 Å². The number of aryl methyl sites for hydroxylation is 2. The lowest BCUT2D eigenvalue weighted by Gasteiger charge is -2.17. The summed E-state index contributed by atoms with van der Waals surface area (Å²) in [7, 11) is 1.75. The zero-order chi connectivity index (χ0) is 13.8. The lowest BCUT2D eigenvalue weighted by Crippen LogP contribution is -2.28. The van der Waals surface area contributed by atoms with Gasteiger partial charge in [0.25, 0.3) is 5.91 Å². The van der Waals surface area contributed by atoms with Crippen LogP contribution in [0, 0.1) is 6.92 Å². The van der Waals surface area contributed by atoms with Crippen molar-refractivity contribution >= 4 is 5.91 Å². The van der Waals surface area contributed by atoms with Gasteiger partial charge in [0, 0.05) is 19.4 Å². The quantitative estimate of drug-likeness (QED) is 0.899. The average molecular weight is 259 g/mol. The number of amides is 1. The van der Waals surface area contributed by atoms with Gasteiger partial charge in [-0.1, -0.05) is 6.92 Å². The first kappa shape index (κ1) is 13.2. The van der Waals surface area contributed by atoms with E-state index in [0.29, 0.717) is 18.5 Å². The van der Waals surface area contributed by atoms with Crippen LogP contribution >= 0.6 is 0 Å². The normalized spacial score (nSPS) is 10.5. The molecule has 0 atom stereocenters. The van der Waals surface area contributed by atoms with Crippen molar-refractivity contribution < 1.29 is 4.79 Å². The molecule has 0 aliphatic carbocycles. The molecule has 100 valence electrons. The summed E-state index contributed by atoms with van der Waals surface area (Å²) in [5, 5.41) is 8.07. The van der Waals surface area contributed by atoms with Gasteiger partial charge in [-0.05, 0) is 19.4 Å². The summed E-state index contributed by atoms with van der Waals surface area (Å²) in [5.41, 5.74) is 2.08. The van der Waals surface area contributed by atoms with Crippen LogP contribution in [0.1, 0.15) is 34.5 Å². The first-order chi connectivity index (χ1) is 9.11. The van der Waals surface area contributed by atoms with Gasteiger partial charge >= 0.3 is 0 Å². The molecule has 0 spiro atoms. The van der Waals surface area contributed by atoms with E-state index in [-0.39, 0.29) is 5.91 Å². The molecule has 6 nitrogen and oxygen atoms in total. The lowest BCUT2D eigenvalue weighted by atomic mass is 10.1. The first-order valence-corrected chi connectivity index (χ1v) is 6.18. The lowest BCUT2D eigenvalue weighted by molar-refractivity contribution is 0.0780. The molecule has 0 unspecified atom stereocenters. The van der Waals surface area contributed by atoms with Crippen molar-refractivity contribution in [2.45, 2.75) is 26.8 Å². The van der Waals surface area contributed by atoms with E-state index in [0.717, 1.165) is 17.2 Å². The monoisotopic (exact) mass is 259 g/mol. The molecular formula is C13H17N5O. The fourth-order valence-corrected chi connectivity index (χ4v) is 1.85. The van der Waals surface area contributed by atoms with Crippen molar-refractivity contribution in [3.8, 4) is 0 Å². The third-order valence-electron chi connectivity index (χ3n) is 2.85. The van der Waals surface area contributed by atoms with Gasteiger partial charge in [0.2, 0.25) is 0 Å². The van der Waals surface area contributed by atoms with E-state index in [1.54, 1.807) is 30.4 Å². The molecule has 0 saturated heterocycles. The highest BCUT2D eigenvalue weighted by Gasteiger charge is 2.17. The van der Waals surface area contributed by atoms with Gasteiger partial charge in [0.05, 0.1) is 23.5 Å². The Morgan fingerprint density at radius 1 is 1.42 bits per heavy atom. The van der Waals surface area contributed by atoms with Crippen LogP contribution in [0.5, 0.6) is 0 Å². The van der Waals surface area contributed by atoms with Gasteiger partial charge in [-0.25, -0.2) is 4.98 Å². The predicted molar refractivity (Wildman–Crippen MR) is 70.5 cm³/mol. The van der Waals surface area contributed by atoms with Gasteiger partial charge in [0.15, 0.2) is 0 Å². The van der Waals surface area contributed by atoms with E-state index in [4.69, 9.17) is 0 Å². The number of aromatic amines is 1. The standard InChI is InChI=1S/C13H17N5O/c1-4-11-10(7-9(2)16-17-11)13(19)18(3)8-12-14-5-6-15-12/h5-7H,4,8H2,1-3H3,(H,14,15). The third kappa shape index (κ3) is 2.96. The largest absolute Gasteiger partial charge is 0.347 e. The number of nitrogens with zero attached hydrogens (tertiary/aromatic N) is 4. The zero-order valence-electron chi connectivity index (χ0n) is 11.3. The minimum atomic E-state index is -0.0637. The highest BCUT2D eigenvalue weighted by molar-refractivity contribution is 5.95. The second-order valence-corrected chi connectivity index (χ2v) is 4.40. The Morgan fingerprint density at radius 3 is 2.84 bits per heavy atom. The van der Waals surface area contributed by atoms with Gasteiger partial charge in [0.1, 0.15) is 5.82 Å². The zero-order valence-corrected chi connectivity index (χ0v) is 11.3. The number of nitrogens with one attached hydrogen (secondary N) is 1. The van der Waals surface area contributed by atoms with Crippen LogP contribution in [0.25, 0.3) is 0 Å². The molecule has 0 fully saturated rings. The molecule has 2 heterocycles. The topological polar surface area (TPSA) is 74.8 Å². The minimum absolute atomic E-state index is 0.0637.